The number of aryl methyl sites for hydroxylation is 1. The van der Waals surface area contributed by atoms with Crippen molar-refractivity contribution in [1.82, 2.24) is 9.88 Å². The Morgan fingerprint density at radius 2 is 1.77 bits per heavy atom. The van der Waals surface area contributed by atoms with Crippen molar-refractivity contribution in [1.29, 1.82) is 0 Å². The predicted molar refractivity (Wildman–Crippen MR) is 158 cm³/mol. The predicted octanol–water partition coefficient (Wildman–Crippen LogP) is 7.32. The number of hydrogen-bond acceptors (Lipinski definition) is 4. The van der Waals surface area contributed by atoms with E-state index in [1.54, 1.807) is 0 Å². The summed E-state index contributed by atoms with van der Waals surface area (Å²) in [7, 11) is 0. The minimum absolute atomic E-state index is 0.190. The maximum Gasteiger partial charge on any atom is 0.341 e. The molecule has 2 fully saturated rings. The fourth-order valence-corrected chi connectivity index (χ4v) is 7.70. The number of carbonyl (C=O) groups excluding carboxylic acids is 1. The van der Waals surface area contributed by atoms with E-state index in [0.29, 0.717) is 17.9 Å². The first kappa shape index (κ1) is 25.4. The van der Waals surface area contributed by atoms with E-state index in [2.05, 4.69) is 34.1 Å². The first-order valence-electron chi connectivity index (χ1n) is 14.9. The molecule has 3 aliphatic heterocycles. The van der Waals surface area contributed by atoms with Crippen molar-refractivity contribution in [3.05, 3.63) is 101 Å². The zero-order chi connectivity index (χ0) is 27.3. The Labute approximate surface area is 236 Å². The molecule has 5 heteroatoms. The summed E-state index contributed by atoms with van der Waals surface area (Å²) in [6, 6.07) is 24.5. The van der Waals surface area contributed by atoms with Crippen molar-refractivity contribution in [3.63, 3.8) is 0 Å². The summed E-state index contributed by atoms with van der Waals surface area (Å²) in [5, 5.41) is 0.970. The Hall–Kier alpha value is -3.57. The lowest BCUT2D eigenvalue weighted by molar-refractivity contribution is -0.177. The van der Waals surface area contributed by atoms with E-state index in [-0.39, 0.29) is 11.7 Å². The average Bonchev–Trinajstić information content (AvgIpc) is 3.32. The highest BCUT2D eigenvalue weighted by atomic mass is 16.6. The van der Waals surface area contributed by atoms with Crippen molar-refractivity contribution in [2.75, 3.05) is 13.1 Å². The first-order valence-corrected chi connectivity index (χ1v) is 14.9. The van der Waals surface area contributed by atoms with Gasteiger partial charge in [0.1, 0.15) is 11.4 Å². The summed E-state index contributed by atoms with van der Waals surface area (Å²) in [4.78, 5) is 20.3. The summed E-state index contributed by atoms with van der Waals surface area (Å²) in [6.45, 7) is 6.25. The van der Waals surface area contributed by atoms with Gasteiger partial charge < -0.3 is 14.5 Å². The molecule has 1 N–H and O–H groups in total. The van der Waals surface area contributed by atoms with Crippen LogP contribution in [0.2, 0.25) is 0 Å². The zero-order valence-corrected chi connectivity index (χ0v) is 23.5. The molecule has 4 aromatic rings. The number of rotatable bonds is 5. The monoisotopic (exact) mass is 534 g/mol. The summed E-state index contributed by atoms with van der Waals surface area (Å²) in [5.74, 6) is 1.08. The van der Waals surface area contributed by atoms with Gasteiger partial charge in [-0.3, -0.25) is 4.90 Å². The van der Waals surface area contributed by atoms with Crippen LogP contribution in [-0.4, -0.2) is 34.7 Å². The second kappa shape index (κ2) is 9.81. The lowest BCUT2D eigenvalue weighted by atomic mass is 9.74. The van der Waals surface area contributed by atoms with Crippen LogP contribution in [0.4, 0.5) is 0 Å². The molecule has 5 nitrogen and oxygen atoms in total. The van der Waals surface area contributed by atoms with E-state index in [1.165, 1.54) is 25.7 Å². The van der Waals surface area contributed by atoms with Crippen molar-refractivity contribution in [2.24, 2.45) is 5.92 Å². The van der Waals surface area contributed by atoms with Gasteiger partial charge in [-0.15, -0.1) is 0 Å². The van der Waals surface area contributed by atoms with Gasteiger partial charge in [0, 0.05) is 54.0 Å². The second-order valence-corrected chi connectivity index (χ2v) is 12.2. The highest BCUT2D eigenvalue weighted by molar-refractivity contribution is 6.07. The topological polar surface area (TPSA) is 54.6 Å². The molecular formula is C35H38N2O3. The molecule has 40 heavy (non-hydrogen) atoms. The van der Waals surface area contributed by atoms with Gasteiger partial charge in [0.05, 0.1) is 5.56 Å². The van der Waals surface area contributed by atoms with Gasteiger partial charge in [0.15, 0.2) is 5.72 Å². The van der Waals surface area contributed by atoms with Crippen LogP contribution in [0.25, 0.3) is 10.9 Å². The van der Waals surface area contributed by atoms with Crippen LogP contribution in [-0.2, 0) is 23.2 Å². The largest absolute Gasteiger partial charge is 0.472 e. The van der Waals surface area contributed by atoms with Crippen molar-refractivity contribution in [2.45, 2.75) is 70.1 Å². The molecule has 0 radical (unpaired) electrons. The Kier molecular flexibility index (Phi) is 6.23. The molecular weight excluding hydrogens is 496 g/mol. The first-order chi connectivity index (χ1) is 19.5. The van der Waals surface area contributed by atoms with Crippen LogP contribution in [0.1, 0.15) is 71.8 Å². The third kappa shape index (κ3) is 4.14. The van der Waals surface area contributed by atoms with Crippen LogP contribution in [0.5, 0.6) is 5.75 Å². The summed E-state index contributed by atoms with van der Waals surface area (Å²) in [5.41, 5.74) is 4.70. The number of aromatic nitrogens is 1. The Morgan fingerprint density at radius 1 is 1.02 bits per heavy atom. The Balaban J connectivity index is 1.29. The van der Waals surface area contributed by atoms with Gasteiger partial charge in [-0.25, -0.2) is 4.79 Å². The van der Waals surface area contributed by atoms with Crippen molar-refractivity contribution < 1.29 is 14.3 Å². The standard InChI is InChI=1S/C35H38N2O3/c1-24-31(33(38)40-34(2,26-14-7-4-8-15-26)23-25-12-5-3-6-13-25)32-28-22-27-16-11-21-37-20-10-9-19-35(27,37)39-30(28)18-17-29(32)36-24/h3-8,12-15,17-18,27,36H,9-11,16,19-23H2,1-2H3. The number of H-pyrrole nitrogens is 1. The van der Waals surface area contributed by atoms with E-state index in [4.69, 9.17) is 9.47 Å². The molecule has 2 saturated heterocycles. The minimum atomic E-state index is -0.822. The Morgan fingerprint density at radius 3 is 2.58 bits per heavy atom. The third-order valence-corrected chi connectivity index (χ3v) is 9.61. The summed E-state index contributed by atoms with van der Waals surface area (Å²) >= 11 is 0. The molecule has 0 bridgehead atoms. The van der Waals surface area contributed by atoms with Crippen LogP contribution >= 0.6 is 0 Å². The number of ether oxygens (including phenoxy) is 2. The molecule has 206 valence electrons. The number of fused-ring (bicyclic) bond motifs is 3. The minimum Gasteiger partial charge on any atom is -0.472 e. The molecule has 3 aromatic carbocycles. The number of esters is 1. The van der Waals surface area contributed by atoms with E-state index in [0.717, 1.165) is 65.0 Å². The maximum atomic E-state index is 14.2. The number of hydrogen-bond donors (Lipinski definition) is 1. The lowest BCUT2D eigenvalue weighted by Crippen LogP contribution is -2.64. The lowest BCUT2D eigenvalue weighted by Gasteiger charge is -2.56. The number of aromatic amines is 1. The van der Waals surface area contributed by atoms with Gasteiger partial charge in [0.2, 0.25) is 0 Å². The van der Waals surface area contributed by atoms with Gasteiger partial charge in [-0.1, -0.05) is 60.7 Å². The van der Waals surface area contributed by atoms with Crippen molar-refractivity contribution in [3.8, 4) is 5.75 Å². The normalized spacial score (nSPS) is 23.8. The van der Waals surface area contributed by atoms with Crippen LogP contribution in [0, 0.1) is 12.8 Å². The molecule has 4 heterocycles. The average molecular weight is 535 g/mol. The third-order valence-electron chi connectivity index (χ3n) is 9.61. The van der Waals surface area contributed by atoms with E-state index >= 15 is 0 Å². The van der Waals surface area contributed by atoms with E-state index in [9.17, 15) is 4.79 Å². The second-order valence-electron chi connectivity index (χ2n) is 12.2. The van der Waals surface area contributed by atoms with Gasteiger partial charge in [-0.2, -0.15) is 0 Å². The molecule has 3 unspecified atom stereocenters. The number of piperidine rings is 2. The quantitative estimate of drug-likeness (QED) is 0.273. The van der Waals surface area contributed by atoms with Crippen molar-refractivity contribution >= 4 is 16.9 Å². The molecule has 0 amide bonds. The fourth-order valence-electron chi connectivity index (χ4n) is 7.70. The molecule has 0 aliphatic carbocycles. The van der Waals surface area contributed by atoms with Gasteiger partial charge in [-0.05, 0) is 69.2 Å². The summed E-state index contributed by atoms with van der Waals surface area (Å²) < 4.78 is 13.5. The van der Waals surface area contributed by atoms with Gasteiger partial charge >= 0.3 is 5.97 Å². The Bertz CT molecular complexity index is 1540. The number of benzene rings is 3. The van der Waals surface area contributed by atoms with E-state index in [1.807, 2.05) is 62.4 Å². The molecule has 7 rings (SSSR count). The molecule has 1 aromatic heterocycles. The molecule has 1 spiro atoms. The summed E-state index contributed by atoms with van der Waals surface area (Å²) in [6.07, 6.45) is 7.44. The highest BCUT2D eigenvalue weighted by Gasteiger charge is 2.52. The number of nitrogens with one attached hydrogen (secondary N) is 1. The highest BCUT2D eigenvalue weighted by Crippen LogP contribution is 2.50. The smallest absolute Gasteiger partial charge is 0.341 e. The van der Waals surface area contributed by atoms with Crippen LogP contribution < -0.4 is 4.74 Å². The molecule has 0 saturated carbocycles. The van der Waals surface area contributed by atoms with E-state index < -0.39 is 5.60 Å². The molecule has 3 atom stereocenters. The van der Waals surface area contributed by atoms with Crippen LogP contribution in [0.3, 0.4) is 0 Å². The van der Waals surface area contributed by atoms with Crippen LogP contribution in [0.15, 0.2) is 72.8 Å². The molecule has 3 aliphatic rings. The number of carbonyl (C=O) groups is 1. The SMILES string of the molecule is Cc1[nH]c2ccc3c(c2c1C(=O)OC(C)(Cc1ccccc1)c1ccccc1)CC1CCCN2CCCCC12O3. The van der Waals surface area contributed by atoms with Gasteiger partial charge in [0.25, 0.3) is 0 Å². The maximum absolute atomic E-state index is 14.2. The number of nitrogens with zero attached hydrogens (tertiary/aromatic N) is 1. The fraction of sp³-hybridized carbons (Fsp3) is 0.400. The zero-order valence-electron chi connectivity index (χ0n) is 23.5.